The van der Waals surface area contributed by atoms with Crippen molar-refractivity contribution in [2.45, 2.75) is 51.1 Å². The molecule has 0 radical (unpaired) electrons. The molecule has 3 N–H and O–H groups in total. The van der Waals surface area contributed by atoms with Crippen molar-refractivity contribution < 1.29 is 9.90 Å². The first kappa shape index (κ1) is 13.4. The van der Waals surface area contributed by atoms with Gasteiger partial charge >= 0.3 is 5.97 Å². The molecular weight excluding hydrogens is 224 g/mol. The van der Waals surface area contributed by atoms with Gasteiger partial charge in [0.15, 0.2) is 0 Å². The zero-order valence-electron chi connectivity index (χ0n) is 9.69. The van der Waals surface area contributed by atoms with Gasteiger partial charge in [-0.25, -0.2) is 0 Å². The van der Waals surface area contributed by atoms with Crippen molar-refractivity contribution in [3.63, 3.8) is 0 Å². The highest BCUT2D eigenvalue weighted by Crippen LogP contribution is 2.25. The van der Waals surface area contributed by atoms with E-state index in [0.29, 0.717) is 24.0 Å². The summed E-state index contributed by atoms with van der Waals surface area (Å²) < 4.78 is 0. The number of nitrogens with zero attached hydrogens (tertiary/aromatic N) is 1. The minimum absolute atomic E-state index is 0.336. The molecule has 0 saturated heterocycles. The van der Waals surface area contributed by atoms with E-state index in [1.165, 1.54) is 12.8 Å². The van der Waals surface area contributed by atoms with E-state index in [2.05, 4.69) is 0 Å². The van der Waals surface area contributed by atoms with Crippen molar-refractivity contribution in [2.75, 3.05) is 6.54 Å². The maximum atomic E-state index is 11.2. The molecule has 0 aliphatic heterocycles. The van der Waals surface area contributed by atoms with E-state index in [4.69, 9.17) is 18.0 Å². The van der Waals surface area contributed by atoms with E-state index < -0.39 is 12.0 Å². The van der Waals surface area contributed by atoms with Crippen molar-refractivity contribution in [1.29, 1.82) is 0 Å². The Balaban J connectivity index is 2.75. The molecule has 1 atom stereocenters. The van der Waals surface area contributed by atoms with Gasteiger partial charge in [0, 0.05) is 12.6 Å². The normalized spacial score (nSPS) is 18.9. The Hall–Kier alpha value is -0.680. The molecule has 0 heterocycles. The topological polar surface area (TPSA) is 66.6 Å². The van der Waals surface area contributed by atoms with Gasteiger partial charge in [0.05, 0.1) is 4.99 Å². The van der Waals surface area contributed by atoms with Crippen molar-refractivity contribution in [3.05, 3.63) is 0 Å². The Kier molecular flexibility index (Phi) is 5.15. The van der Waals surface area contributed by atoms with Crippen LogP contribution in [-0.4, -0.2) is 39.6 Å². The van der Waals surface area contributed by atoms with Crippen LogP contribution in [0, 0.1) is 0 Å². The lowest BCUT2D eigenvalue weighted by molar-refractivity contribution is -0.144. The van der Waals surface area contributed by atoms with Crippen LogP contribution in [-0.2, 0) is 4.79 Å². The minimum Gasteiger partial charge on any atom is -0.480 e. The van der Waals surface area contributed by atoms with Crippen molar-refractivity contribution in [3.8, 4) is 0 Å². The summed E-state index contributed by atoms with van der Waals surface area (Å²) in [5.74, 6) is -0.773. The molecule has 1 aliphatic rings. The van der Waals surface area contributed by atoms with Crippen LogP contribution < -0.4 is 5.73 Å². The highest BCUT2D eigenvalue weighted by Gasteiger charge is 2.31. The SMILES string of the molecule is CCC(C(=O)O)N(CC(N)=S)C1CCCC1. The van der Waals surface area contributed by atoms with Gasteiger partial charge in [0.25, 0.3) is 0 Å². The minimum atomic E-state index is -0.773. The number of hydrogen-bond donors (Lipinski definition) is 2. The summed E-state index contributed by atoms with van der Waals surface area (Å²) in [6.45, 7) is 2.31. The highest BCUT2D eigenvalue weighted by atomic mass is 32.1. The second-order valence-corrected chi connectivity index (χ2v) is 4.86. The number of carboxylic acids is 1. The van der Waals surface area contributed by atoms with Gasteiger partial charge in [-0.3, -0.25) is 9.69 Å². The van der Waals surface area contributed by atoms with Crippen LogP contribution in [0.25, 0.3) is 0 Å². The lowest BCUT2D eigenvalue weighted by Crippen LogP contribution is -2.49. The second kappa shape index (κ2) is 6.15. The molecule has 1 aliphatic carbocycles. The van der Waals surface area contributed by atoms with Crippen LogP contribution in [0.3, 0.4) is 0 Å². The smallest absolute Gasteiger partial charge is 0.320 e. The molecule has 0 spiro atoms. The molecule has 4 nitrogen and oxygen atoms in total. The van der Waals surface area contributed by atoms with Gasteiger partial charge in [0.2, 0.25) is 0 Å². The molecule has 1 rings (SSSR count). The predicted molar refractivity (Wildman–Crippen MR) is 67.5 cm³/mol. The molecule has 5 heteroatoms. The van der Waals surface area contributed by atoms with Gasteiger partial charge in [-0.1, -0.05) is 32.0 Å². The zero-order chi connectivity index (χ0) is 12.1. The van der Waals surface area contributed by atoms with E-state index in [1.807, 2.05) is 11.8 Å². The molecule has 1 saturated carbocycles. The third-order valence-corrected chi connectivity index (χ3v) is 3.33. The van der Waals surface area contributed by atoms with Crippen molar-refractivity contribution in [2.24, 2.45) is 5.73 Å². The molecule has 1 fully saturated rings. The summed E-state index contributed by atoms with van der Waals surface area (Å²) in [6, 6.07) is -0.118. The average Bonchev–Trinajstić information content (AvgIpc) is 2.68. The van der Waals surface area contributed by atoms with Gasteiger partial charge in [-0.2, -0.15) is 0 Å². The van der Waals surface area contributed by atoms with E-state index in [9.17, 15) is 9.90 Å². The summed E-state index contributed by atoms with van der Waals surface area (Å²) in [7, 11) is 0. The van der Waals surface area contributed by atoms with Crippen LogP contribution in [0.1, 0.15) is 39.0 Å². The second-order valence-electron chi connectivity index (χ2n) is 4.34. The number of carbonyl (C=O) groups is 1. The molecule has 0 aromatic rings. The Labute approximate surface area is 102 Å². The largest absolute Gasteiger partial charge is 0.480 e. The molecule has 0 aromatic carbocycles. The molecule has 16 heavy (non-hydrogen) atoms. The molecular formula is C11H20N2O2S. The quantitative estimate of drug-likeness (QED) is 0.691. The Morgan fingerprint density at radius 3 is 2.50 bits per heavy atom. The first-order valence-corrected chi connectivity index (χ1v) is 6.24. The number of hydrogen-bond acceptors (Lipinski definition) is 3. The average molecular weight is 244 g/mol. The maximum Gasteiger partial charge on any atom is 0.320 e. The molecule has 92 valence electrons. The number of nitrogens with two attached hydrogens (primary N) is 1. The predicted octanol–water partition coefficient (Wildman–Crippen LogP) is 1.38. The van der Waals surface area contributed by atoms with Gasteiger partial charge in [-0.15, -0.1) is 0 Å². The summed E-state index contributed by atoms with van der Waals surface area (Å²) in [6.07, 6.45) is 5.07. The van der Waals surface area contributed by atoms with Crippen LogP contribution >= 0.6 is 12.2 Å². The summed E-state index contributed by atoms with van der Waals surface area (Å²) in [5.41, 5.74) is 5.55. The lowest BCUT2D eigenvalue weighted by atomic mass is 10.1. The molecule has 0 aromatic heterocycles. The first-order chi connectivity index (χ1) is 7.56. The van der Waals surface area contributed by atoms with E-state index in [1.54, 1.807) is 0 Å². The van der Waals surface area contributed by atoms with Gasteiger partial charge in [-0.05, 0) is 19.3 Å². The van der Waals surface area contributed by atoms with Gasteiger partial charge < -0.3 is 10.8 Å². The van der Waals surface area contributed by atoms with E-state index in [0.717, 1.165) is 12.8 Å². The molecule has 1 unspecified atom stereocenters. The fourth-order valence-corrected chi connectivity index (χ4v) is 2.61. The third-order valence-electron chi connectivity index (χ3n) is 3.20. The van der Waals surface area contributed by atoms with Crippen LogP contribution in [0.15, 0.2) is 0 Å². The van der Waals surface area contributed by atoms with E-state index in [-0.39, 0.29) is 0 Å². The fraction of sp³-hybridized carbons (Fsp3) is 0.818. The highest BCUT2D eigenvalue weighted by molar-refractivity contribution is 7.80. The monoisotopic (exact) mass is 244 g/mol. The lowest BCUT2D eigenvalue weighted by Gasteiger charge is -2.33. The van der Waals surface area contributed by atoms with Crippen molar-refractivity contribution >= 4 is 23.2 Å². The molecule has 0 amide bonds. The zero-order valence-corrected chi connectivity index (χ0v) is 10.5. The number of rotatable bonds is 6. The summed E-state index contributed by atoms with van der Waals surface area (Å²) in [5, 5.41) is 9.19. The number of carboxylic acid groups (broad SMARTS) is 1. The summed E-state index contributed by atoms with van der Waals surface area (Å²) in [4.78, 5) is 13.5. The number of aliphatic carboxylic acids is 1. The Morgan fingerprint density at radius 2 is 2.12 bits per heavy atom. The van der Waals surface area contributed by atoms with Crippen LogP contribution in [0.4, 0.5) is 0 Å². The fourth-order valence-electron chi connectivity index (χ4n) is 2.46. The van der Waals surface area contributed by atoms with E-state index >= 15 is 0 Å². The third kappa shape index (κ3) is 3.42. The first-order valence-electron chi connectivity index (χ1n) is 5.83. The number of thiocarbonyl (C=S) groups is 1. The molecule has 0 bridgehead atoms. The Morgan fingerprint density at radius 1 is 1.56 bits per heavy atom. The maximum absolute atomic E-state index is 11.2. The van der Waals surface area contributed by atoms with Gasteiger partial charge in [0.1, 0.15) is 6.04 Å². The van der Waals surface area contributed by atoms with Crippen molar-refractivity contribution in [1.82, 2.24) is 4.90 Å². The standard InChI is InChI=1S/C11H20N2O2S/c1-2-9(11(14)15)13(7-10(12)16)8-5-3-4-6-8/h8-9H,2-7H2,1H3,(H2,12,16)(H,14,15). The summed E-state index contributed by atoms with van der Waals surface area (Å²) >= 11 is 4.90. The van der Waals surface area contributed by atoms with Crippen LogP contribution in [0.5, 0.6) is 0 Å². The Bertz CT molecular complexity index is 265. The van der Waals surface area contributed by atoms with Crippen LogP contribution in [0.2, 0.25) is 0 Å².